The van der Waals surface area contributed by atoms with Crippen molar-refractivity contribution < 1.29 is 14.3 Å². The summed E-state index contributed by atoms with van der Waals surface area (Å²) in [5, 5.41) is 1.10. The summed E-state index contributed by atoms with van der Waals surface area (Å²) in [6.07, 6.45) is 1.50. The number of hydrogen-bond acceptors (Lipinski definition) is 6. The number of pyridine rings is 1. The number of nitrogens with one attached hydrogen (secondary N) is 1. The van der Waals surface area contributed by atoms with Crippen molar-refractivity contribution in [2.45, 2.75) is 25.7 Å². The largest absolute Gasteiger partial charge is 0.449 e. The molecule has 7 nitrogen and oxygen atoms in total. The highest BCUT2D eigenvalue weighted by Gasteiger charge is 2.26. The van der Waals surface area contributed by atoms with E-state index < -0.39 is 0 Å². The average Bonchev–Trinajstić information content (AvgIpc) is 2.86. The summed E-state index contributed by atoms with van der Waals surface area (Å²) in [6.45, 7) is 8.38. The number of carbonyl (C=O) groups is 2. The lowest BCUT2D eigenvalue weighted by Gasteiger charge is -2.34. The van der Waals surface area contributed by atoms with Gasteiger partial charge in [-0.15, -0.1) is 0 Å². The molecule has 1 aromatic heterocycles. The van der Waals surface area contributed by atoms with Crippen molar-refractivity contribution in [3.05, 3.63) is 65.9 Å². The summed E-state index contributed by atoms with van der Waals surface area (Å²) in [5.41, 5.74) is 3.55. The molecule has 34 heavy (non-hydrogen) atoms. The zero-order valence-electron chi connectivity index (χ0n) is 19.8. The Hall–Kier alpha value is -3.26. The van der Waals surface area contributed by atoms with Crippen LogP contribution in [0, 0.1) is 12.8 Å². The van der Waals surface area contributed by atoms with E-state index in [1.165, 1.54) is 11.9 Å². The van der Waals surface area contributed by atoms with Gasteiger partial charge < -0.3 is 19.3 Å². The summed E-state index contributed by atoms with van der Waals surface area (Å²) in [6, 6.07) is 15.8. The SMILES string of the molecule is Cc1cc(C(=O)N2CCN(C(=O)OCC(C)C)CC2)ccc1NSc1cccc2cccnc12. The third-order valence-corrected chi connectivity index (χ3v) is 6.58. The van der Waals surface area contributed by atoms with Crippen LogP contribution in [0.25, 0.3) is 10.9 Å². The molecule has 0 bridgehead atoms. The van der Waals surface area contributed by atoms with Crippen LogP contribution in [0.3, 0.4) is 0 Å². The summed E-state index contributed by atoms with van der Waals surface area (Å²) >= 11 is 1.51. The highest BCUT2D eigenvalue weighted by molar-refractivity contribution is 8.00. The van der Waals surface area contributed by atoms with Gasteiger partial charge in [0.05, 0.1) is 17.0 Å². The summed E-state index contributed by atoms with van der Waals surface area (Å²) in [4.78, 5) is 34.2. The first-order valence-corrected chi connectivity index (χ1v) is 12.3. The number of nitrogens with zero attached hydrogens (tertiary/aromatic N) is 3. The number of amides is 2. The zero-order valence-corrected chi connectivity index (χ0v) is 20.6. The number of benzene rings is 2. The van der Waals surface area contributed by atoms with Crippen molar-refractivity contribution in [1.29, 1.82) is 0 Å². The van der Waals surface area contributed by atoms with Gasteiger partial charge in [-0.05, 0) is 60.7 Å². The molecule has 4 rings (SSSR count). The molecule has 0 atom stereocenters. The molecule has 1 saturated heterocycles. The van der Waals surface area contributed by atoms with Crippen LogP contribution in [-0.4, -0.2) is 59.6 Å². The number of rotatable bonds is 6. The van der Waals surface area contributed by atoms with Crippen LogP contribution in [0.2, 0.25) is 0 Å². The van der Waals surface area contributed by atoms with Gasteiger partial charge in [-0.2, -0.15) is 0 Å². The monoisotopic (exact) mass is 478 g/mol. The van der Waals surface area contributed by atoms with Gasteiger partial charge in [0.15, 0.2) is 0 Å². The Balaban J connectivity index is 1.35. The van der Waals surface area contributed by atoms with E-state index in [0.717, 1.165) is 27.0 Å². The fourth-order valence-electron chi connectivity index (χ4n) is 3.78. The van der Waals surface area contributed by atoms with Gasteiger partial charge in [-0.1, -0.05) is 32.0 Å². The second-order valence-corrected chi connectivity index (χ2v) is 9.66. The molecule has 3 aromatic rings. The van der Waals surface area contributed by atoms with E-state index in [0.29, 0.717) is 44.3 Å². The molecule has 2 heterocycles. The van der Waals surface area contributed by atoms with Crippen LogP contribution in [0.4, 0.5) is 10.5 Å². The van der Waals surface area contributed by atoms with Crippen LogP contribution in [0.15, 0.2) is 59.6 Å². The third-order valence-electron chi connectivity index (χ3n) is 5.71. The Morgan fingerprint density at radius 1 is 1.06 bits per heavy atom. The minimum atomic E-state index is -0.300. The lowest BCUT2D eigenvalue weighted by molar-refractivity contribution is 0.0535. The normalized spacial score (nSPS) is 13.9. The highest BCUT2D eigenvalue weighted by Crippen LogP contribution is 2.29. The smallest absolute Gasteiger partial charge is 0.409 e. The number of hydrogen-bond donors (Lipinski definition) is 1. The van der Waals surface area contributed by atoms with E-state index in [1.807, 2.05) is 69.3 Å². The van der Waals surface area contributed by atoms with Crippen molar-refractivity contribution in [3.8, 4) is 0 Å². The van der Waals surface area contributed by atoms with Crippen molar-refractivity contribution in [1.82, 2.24) is 14.8 Å². The summed E-state index contributed by atoms with van der Waals surface area (Å²) in [7, 11) is 0. The highest BCUT2D eigenvalue weighted by atomic mass is 32.2. The van der Waals surface area contributed by atoms with Gasteiger partial charge in [0.2, 0.25) is 0 Å². The molecule has 1 fully saturated rings. The summed E-state index contributed by atoms with van der Waals surface area (Å²) < 4.78 is 8.70. The lowest BCUT2D eigenvalue weighted by atomic mass is 10.1. The zero-order chi connectivity index (χ0) is 24.1. The van der Waals surface area contributed by atoms with Crippen molar-refractivity contribution in [2.75, 3.05) is 37.5 Å². The number of anilines is 1. The second-order valence-electron chi connectivity index (χ2n) is 8.82. The quantitative estimate of drug-likeness (QED) is 0.490. The van der Waals surface area contributed by atoms with E-state index >= 15 is 0 Å². The predicted octanol–water partition coefficient (Wildman–Crippen LogP) is 5.21. The van der Waals surface area contributed by atoms with Gasteiger partial charge >= 0.3 is 6.09 Å². The molecule has 8 heteroatoms. The van der Waals surface area contributed by atoms with Gasteiger partial charge in [0.25, 0.3) is 5.91 Å². The van der Waals surface area contributed by atoms with E-state index in [9.17, 15) is 9.59 Å². The lowest BCUT2D eigenvalue weighted by Crippen LogP contribution is -2.50. The minimum Gasteiger partial charge on any atom is -0.449 e. The first kappa shape index (κ1) is 23.9. The topological polar surface area (TPSA) is 74.8 Å². The van der Waals surface area contributed by atoms with E-state index in [2.05, 4.69) is 9.71 Å². The van der Waals surface area contributed by atoms with Crippen molar-refractivity contribution in [3.63, 3.8) is 0 Å². The number of aromatic nitrogens is 1. The Kier molecular flexibility index (Phi) is 7.57. The molecule has 0 radical (unpaired) electrons. The van der Waals surface area contributed by atoms with Crippen LogP contribution < -0.4 is 4.72 Å². The first-order valence-electron chi connectivity index (χ1n) is 11.5. The van der Waals surface area contributed by atoms with E-state index in [4.69, 9.17) is 4.74 Å². The number of para-hydroxylation sites is 1. The van der Waals surface area contributed by atoms with Crippen molar-refractivity contribution in [2.24, 2.45) is 5.92 Å². The molecule has 0 saturated carbocycles. The fourth-order valence-corrected chi connectivity index (χ4v) is 4.65. The molecule has 2 amide bonds. The number of ether oxygens (including phenoxy) is 1. The molecule has 1 aliphatic heterocycles. The molecule has 2 aromatic carbocycles. The van der Waals surface area contributed by atoms with Gasteiger partial charge in [-0.3, -0.25) is 9.78 Å². The molecule has 0 unspecified atom stereocenters. The average molecular weight is 479 g/mol. The summed E-state index contributed by atoms with van der Waals surface area (Å²) in [5.74, 6) is 0.283. The maximum atomic E-state index is 13.0. The molecule has 1 N–H and O–H groups in total. The van der Waals surface area contributed by atoms with Gasteiger partial charge in [0, 0.05) is 49.0 Å². The second kappa shape index (κ2) is 10.8. The van der Waals surface area contributed by atoms with Crippen molar-refractivity contribution >= 4 is 40.5 Å². The third kappa shape index (κ3) is 5.62. The predicted molar refractivity (Wildman–Crippen MR) is 136 cm³/mol. The molecule has 0 aliphatic carbocycles. The molecular formula is C26H30N4O3S. The number of carbonyl (C=O) groups excluding carboxylic acids is 2. The van der Waals surface area contributed by atoms with E-state index in [-0.39, 0.29) is 12.0 Å². The number of aryl methyl sites for hydroxylation is 1. The molecular weight excluding hydrogens is 448 g/mol. The first-order chi connectivity index (χ1) is 16.4. The molecule has 178 valence electrons. The minimum absolute atomic E-state index is 0.0178. The fraction of sp³-hybridized carbons (Fsp3) is 0.346. The Morgan fingerprint density at radius 3 is 2.53 bits per heavy atom. The van der Waals surface area contributed by atoms with Gasteiger partial charge in [-0.25, -0.2) is 4.79 Å². The molecule has 1 aliphatic rings. The maximum absolute atomic E-state index is 13.0. The van der Waals surface area contributed by atoms with Crippen LogP contribution >= 0.6 is 11.9 Å². The van der Waals surface area contributed by atoms with Crippen LogP contribution in [-0.2, 0) is 4.74 Å². The van der Waals surface area contributed by atoms with Crippen LogP contribution in [0.5, 0.6) is 0 Å². The maximum Gasteiger partial charge on any atom is 0.409 e. The Bertz CT molecular complexity index is 1170. The van der Waals surface area contributed by atoms with E-state index in [1.54, 1.807) is 16.0 Å². The van der Waals surface area contributed by atoms with Crippen LogP contribution in [0.1, 0.15) is 29.8 Å². The Labute approximate surface area is 204 Å². The van der Waals surface area contributed by atoms with Gasteiger partial charge in [0.1, 0.15) is 0 Å². The number of piperazine rings is 1. The Morgan fingerprint density at radius 2 is 1.79 bits per heavy atom. The standard InChI is InChI=1S/C26H30N4O3S/c1-18(2)17-33-26(32)30-14-12-29(13-15-30)25(31)21-9-10-22(19(3)16-21)28-34-23-8-4-6-20-7-5-11-27-24(20)23/h4-11,16,18,28H,12-15,17H2,1-3H3. The number of fused-ring (bicyclic) bond motifs is 1. The molecule has 0 spiro atoms.